The summed E-state index contributed by atoms with van der Waals surface area (Å²) < 4.78 is 18.4. The van der Waals surface area contributed by atoms with E-state index in [0.29, 0.717) is 34.7 Å². The van der Waals surface area contributed by atoms with Gasteiger partial charge >= 0.3 is 0 Å². The fourth-order valence-corrected chi connectivity index (χ4v) is 4.01. The van der Waals surface area contributed by atoms with Crippen LogP contribution in [0.4, 0.5) is 10.1 Å². The molecule has 9 heteroatoms. The Morgan fingerprint density at radius 3 is 2.87 bits per heavy atom. The molecule has 31 heavy (non-hydrogen) atoms. The molecule has 0 saturated heterocycles. The minimum Gasteiger partial charge on any atom is -0.322 e. The summed E-state index contributed by atoms with van der Waals surface area (Å²) in [5.74, 6) is 0.693. The van der Waals surface area contributed by atoms with Gasteiger partial charge in [-0.05, 0) is 56.2 Å². The van der Waals surface area contributed by atoms with E-state index in [9.17, 15) is 9.18 Å². The summed E-state index contributed by atoms with van der Waals surface area (Å²) in [6.45, 7) is 3.45. The molecular weight excluding hydrogens is 397 g/mol. The maximum Gasteiger partial charge on any atom is 0.255 e. The third-order valence-corrected chi connectivity index (χ3v) is 5.65. The minimum atomic E-state index is -0.393. The third-order valence-electron chi connectivity index (χ3n) is 5.65. The van der Waals surface area contributed by atoms with Gasteiger partial charge in [-0.25, -0.2) is 9.07 Å². The molecular formula is C22H22FN7O. The van der Waals surface area contributed by atoms with Crippen LogP contribution in [0.2, 0.25) is 0 Å². The van der Waals surface area contributed by atoms with Crippen molar-refractivity contribution in [1.29, 1.82) is 0 Å². The molecule has 3 heterocycles. The van der Waals surface area contributed by atoms with E-state index >= 15 is 0 Å². The molecule has 1 aliphatic heterocycles. The highest BCUT2D eigenvalue weighted by molar-refractivity contribution is 6.06. The van der Waals surface area contributed by atoms with Gasteiger partial charge in [0.1, 0.15) is 17.2 Å². The molecule has 5 rings (SSSR count). The first kappa shape index (κ1) is 19.3. The van der Waals surface area contributed by atoms with Crippen LogP contribution in [0.5, 0.6) is 0 Å². The van der Waals surface area contributed by atoms with Gasteiger partial charge in [0, 0.05) is 30.8 Å². The van der Waals surface area contributed by atoms with Crippen molar-refractivity contribution in [3.05, 3.63) is 53.6 Å². The van der Waals surface area contributed by atoms with Crippen LogP contribution in [0.3, 0.4) is 0 Å². The summed E-state index contributed by atoms with van der Waals surface area (Å²) in [5, 5.41) is 19.5. The number of benzene rings is 2. The summed E-state index contributed by atoms with van der Waals surface area (Å²) in [7, 11) is 0. The summed E-state index contributed by atoms with van der Waals surface area (Å²) in [6.07, 6.45) is 4.04. The van der Waals surface area contributed by atoms with Crippen molar-refractivity contribution in [1.82, 2.24) is 29.8 Å². The van der Waals surface area contributed by atoms with Gasteiger partial charge in [0.25, 0.3) is 5.91 Å². The van der Waals surface area contributed by atoms with Crippen LogP contribution < -0.4 is 5.32 Å². The average Bonchev–Trinajstić information content (AvgIpc) is 3.30. The first-order valence-corrected chi connectivity index (χ1v) is 10.5. The zero-order chi connectivity index (χ0) is 21.4. The Labute approximate surface area is 178 Å². The van der Waals surface area contributed by atoms with Crippen LogP contribution in [0.15, 0.2) is 36.4 Å². The fraction of sp³-hybridized carbons (Fsp3) is 0.318. The molecule has 1 amide bonds. The predicted octanol–water partition coefficient (Wildman–Crippen LogP) is 3.83. The molecule has 2 aromatic heterocycles. The van der Waals surface area contributed by atoms with Gasteiger partial charge in [-0.2, -0.15) is 0 Å². The molecule has 1 aliphatic rings. The normalized spacial score (nSPS) is 13.7. The smallest absolute Gasteiger partial charge is 0.255 e. The van der Waals surface area contributed by atoms with Crippen molar-refractivity contribution >= 4 is 22.6 Å². The molecule has 0 aliphatic carbocycles. The number of fused-ring (bicyclic) bond motifs is 2. The molecule has 0 bridgehead atoms. The first-order chi connectivity index (χ1) is 15.1. The van der Waals surface area contributed by atoms with E-state index in [-0.39, 0.29) is 5.91 Å². The number of halogens is 1. The first-order valence-electron chi connectivity index (χ1n) is 10.5. The number of amides is 1. The number of nitrogens with zero attached hydrogens (tertiary/aromatic N) is 6. The highest BCUT2D eigenvalue weighted by Gasteiger charge is 2.19. The molecule has 0 saturated carbocycles. The molecule has 1 N–H and O–H groups in total. The van der Waals surface area contributed by atoms with Gasteiger partial charge in [-0.15, -0.1) is 15.3 Å². The molecule has 2 aromatic carbocycles. The van der Waals surface area contributed by atoms with E-state index in [1.807, 2.05) is 17.6 Å². The second-order valence-electron chi connectivity index (χ2n) is 7.66. The van der Waals surface area contributed by atoms with Crippen molar-refractivity contribution < 1.29 is 9.18 Å². The zero-order valence-electron chi connectivity index (χ0n) is 17.2. The van der Waals surface area contributed by atoms with Crippen molar-refractivity contribution in [3.8, 4) is 11.4 Å². The van der Waals surface area contributed by atoms with Crippen molar-refractivity contribution in [2.75, 3.05) is 5.32 Å². The molecule has 0 spiro atoms. The number of aryl methyl sites for hydroxylation is 2. The van der Waals surface area contributed by atoms with Gasteiger partial charge in [-0.3, -0.25) is 4.79 Å². The zero-order valence-corrected chi connectivity index (χ0v) is 17.2. The Bertz CT molecular complexity index is 1280. The van der Waals surface area contributed by atoms with Crippen LogP contribution in [-0.2, 0) is 19.5 Å². The quantitative estimate of drug-likeness (QED) is 0.543. The average molecular weight is 419 g/mol. The van der Waals surface area contributed by atoms with Crippen molar-refractivity contribution in [2.45, 2.75) is 45.7 Å². The van der Waals surface area contributed by atoms with Crippen molar-refractivity contribution in [3.63, 3.8) is 0 Å². The van der Waals surface area contributed by atoms with Gasteiger partial charge in [0.05, 0.1) is 11.1 Å². The monoisotopic (exact) mass is 419 g/mol. The van der Waals surface area contributed by atoms with Crippen LogP contribution in [-0.4, -0.2) is 35.7 Å². The lowest BCUT2D eigenvalue weighted by molar-refractivity contribution is 0.102. The van der Waals surface area contributed by atoms with E-state index in [4.69, 9.17) is 0 Å². The predicted molar refractivity (Wildman–Crippen MR) is 114 cm³/mol. The minimum absolute atomic E-state index is 0.300. The molecule has 0 atom stereocenters. The largest absolute Gasteiger partial charge is 0.322 e. The highest BCUT2D eigenvalue weighted by atomic mass is 19.1. The van der Waals surface area contributed by atoms with Crippen LogP contribution in [0.25, 0.3) is 22.4 Å². The summed E-state index contributed by atoms with van der Waals surface area (Å²) in [5.41, 5.74) is 2.80. The number of hydrogen-bond donors (Lipinski definition) is 1. The molecule has 0 fully saturated rings. The van der Waals surface area contributed by atoms with Crippen LogP contribution in [0, 0.1) is 5.82 Å². The standard InChI is InChI=1S/C22H22FN7O/c1-2-30-19-10-7-14(12-18(19)25-28-30)22(31)24-15-8-9-17(23)16(13-15)21-27-26-20-6-4-3-5-11-29(20)21/h7-10,12-13H,2-6,11H2,1H3,(H,24,31). The van der Waals surface area contributed by atoms with E-state index in [1.54, 1.807) is 28.9 Å². The summed E-state index contributed by atoms with van der Waals surface area (Å²) in [6, 6.07) is 9.76. The maximum absolute atomic E-state index is 14.7. The number of hydrogen-bond acceptors (Lipinski definition) is 5. The molecule has 0 unspecified atom stereocenters. The second-order valence-corrected chi connectivity index (χ2v) is 7.66. The number of rotatable bonds is 4. The molecule has 158 valence electrons. The molecule has 4 aromatic rings. The summed E-state index contributed by atoms with van der Waals surface area (Å²) >= 11 is 0. The Kier molecular flexibility index (Phi) is 4.93. The second kappa shape index (κ2) is 7.90. The Morgan fingerprint density at radius 2 is 2.00 bits per heavy atom. The van der Waals surface area contributed by atoms with E-state index in [2.05, 4.69) is 25.8 Å². The SMILES string of the molecule is CCn1nnc2cc(C(=O)Nc3ccc(F)c(-c4nnc5n4CCCCC5)c3)ccc21. The Morgan fingerprint density at radius 1 is 1.10 bits per heavy atom. The van der Waals surface area contributed by atoms with E-state index < -0.39 is 5.82 Å². The van der Waals surface area contributed by atoms with Gasteiger partial charge < -0.3 is 9.88 Å². The number of carbonyl (C=O) groups is 1. The lowest BCUT2D eigenvalue weighted by atomic mass is 10.1. The van der Waals surface area contributed by atoms with E-state index in [0.717, 1.165) is 43.6 Å². The summed E-state index contributed by atoms with van der Waals surface area (Å²) in [4.78, 5) is 12.8. The fourth-order valence-electron chi connectivity index (χ4n) is 4.01. The molecule has 8 nitrogen and oxygen atoms in total. The van der Waals surface area contributed by atoms with Gasteiger partial charge in [0.2, 0.25) is 0 Å². The van der Waals surface area contributed by atoms with Crippen LogP contribution in [0.1, 0.15) is 42.4 Å². The number of aromatic nitrogens is 6. The molecule has 0 radical (unpaired) electrons. The Balaban J connectivity index is 1.43. The topological polar surface area (TPSA) is 90.5 Å². The lowest BCUT2D eigenvalue weighted by Crippen LogP contribution is -2.12. The van der Waals surface area contributed by atoms with E-state index in [1.165, 1.54) is 6.07 Å². The highest BCUT2D eigenvalue weighted by Crippen LogP contribution is 2.28. The number of carbonyl (C=O) groups excluding carboxylic acids is 1. The number of nitrogens with one attached hydrogen (secondary N) is 1. The van der Waals surface area contributed by atoms with Gasteiger partial charge in [0.15, 0.2) is 5.82 Å². The van der Waals surface area contributed by atoms with Crippen molar-refractivity contribution in [2.24, 2.45) is 0 Å². The third kappa shape index (κ3) is 3.56. The van der Waals surface area contributed by atoms with Gasteiger partial charge in [-0.1, -0.05) is 11.6 Å². The Hall–Kier alpha value is -3.62. The number of anilines is 1. The lowest BCUT2D eigenvalue weighted by Gasteiger charge is -2.10. The van der Waals surface area contributed by atoms with Crippen LogP contribution >= 0.6 is 0 Å². The maximum atomic E-state index is 14.7.